The minimum Gasteiger partial charge on any atom is -0.477 e. The van der Waals surface area contributed by atoms with Gasteiger partial charge < -0.3 is 150 Å². The average Bonchev–Trinajstić information content (AvgIpc) is 1.40. The number of hydrogen-bond acceptors (Lipinski definition) is 36. The normalized spacial score (nSPS) is 43.9. The quantitative estimate of drug-likeness (QED) is 0.0377. The first-order valence-electron chi connectivity index (χ1n) is 26.9. The fourth-order valence-electron chi connectivity index (χ4n) is 10.6. The molecule has 0 bridgehead atoms. The van der Waals surface area contributed by atoms with Crippen molar-refractivity contribution < 1.29 is 187 Å². The molecule has 0 aromatic carbocycles. The van der Waals surface area contributed by atoms with Crippen LogP contribution in [0.4, 0.5) is 0 Å². The van der Waals surface area contributed by atoms with Gasteiger partial charge in [-0.05, 0) is 6.92 Å². The molecule has 0 saturated carbocycles. The minimum atomic E-state index is -5.54. The highest BCUT2D eigenvalue weighted by Gasteiger charge is 2.62. The van der Waals surface area contributed by atoms with Crippen LogP contribution in [0.2, 0.25) is 0 Å². The molecule has 44 heteroatoms. The third-order valence-electron chi connectivity index (χ3n) is 15.0. The van der Waals surface area contributed by atoms with Crippen LogP contribution in [0.1, 0.15) is 34.1 Å². The second-order valence-electron chi connectivity index (χ2n) is 21.4. The fraction of sp³-hybridized carbons (Fsp3) is 0.911. The van der Waals surface area contributed by atoms with Crippen molar-refractivity contribution in [2.45, 2.75) is 224 Å². The largest absolute Gasteiger partial charge is 0.477 e. The fourth-order valence-corrected chi connectivity index (χ4v) is 11.3. The zero-order valence-electron chi connectivity index (χ0n) is 47.0. The van der Waals surface area contributed by atoms with Crippen LogP contribution < -0.4 is 16.0 Å². The zero-order chi connectivity index (χ0) is 66.7. The van der Waals surface area contributed by atoms with Gasteiger partial charge in [0.2, 0.25) is 17.7 Å². The van der Waals surface area contributed by atoms with Crippen LogP contribution in [0, 0.1) is 0 Å². The maximum atomic E-state index is 13.1. The van der Waals surface area contributed by atoms with Crippen LogP contribution in [-0.2, 0) is 100 Å². The number of carboxylic acid groups (broad SMARTS) is 1. The van der Waals surface area contributed by atoms with Crippen molar-refractivity contribution >= 4 is 44.5 Å². The molecule has 6 aliphatic rings. The molecule has 0 radical (unpaired) electrons. The highest BCUT2D eigenvalue weighted by Crippen LogP contribution is 2.40. The van der Waals surface area contributed by atoms with Crippen molar-refractivity contribution in [1.29, 1.82) is 0 Å². The molecule has 89 heavy (non-hydrogen) atoms. The SMILES string of the molecule is CC(=O)N[C@H]1[C@H](O[C@H]2[C@@H](O)[C@@H](CO)O[C@@H](O[C@H]3[C@H](O[C@@H]4O[C@@H](C)[C@@H](O)[C@@H](O)[C@@H]4O)[C@@H](NC(C)=O)C(O)O[C@@H]3COS(=O)(=O)O)[C@@H]2O)O[C@H](COS(=O)(=O)O)[C@@H](O[C@@H]2O[C@H](CO)[C@H](O)[C@H](O[C@]3(C(=O)O)C[C@H](O)[C@@H](NC(C)=O)[C@H]([C@H](O)[C@H](O)CO)O3)[C@H]2O)[C@@H]1O. The van der Waals surface area contributed by atoms with Crippen molar-refractivity contribution in [3.63, 3.8) is 0 Å². The monoisotopic (exact) mass is 1350 g/mol. The summed E-state index contributed by atoms with van der Waals surface area (Å²) < 4.78 is 139. The zero-order valence-corrected chi connectivity index (χ0v) is 48.6. The summed E-state index contributed by atoms with van der Waals surface area (Å²) in [5.41, 5.74) is 0. The molecule has 6 aliphatic heterocycles. The minimum absolute atomic E-state index is 0.841. The number of amides is 3. The molecule has 0 aromatic heterocycles. The van der Waals surface area contributed by atoms with Crippen molar-refractivity contribution in [2.75, 3.05) is 33.0 Å². The van der Waals surface area contributed by atoms with E-state index >= 15 is 0 Å². The van der Waals surface area contributed by atoms with E-state index in [-0.39, 0.29) is 0 Å². The van der Waals surface area contributed by atoms with Gasteiger partial charge in [-0.25, -0.2) is 13.2 Å². The van der Waals surface area contributed by atoms with Crippen LogP contribution in [0.25, 0.3) is 0 Å². The molecule has 6 rings (SSSR count). The number of aliphatic hydroxyl groups excluding tert-OH is 15. The van der Waals surface area contributed by atoms with E-state index in [1.807, 2.05) is 0 Å². The molecule has 6 fully saturated rings. The Morgan fingerprint density at radius 1 is 0.528 bits per heavy atom. The van der Waals surface area contributed by atoms with Crippen molar-refractivity contribution in [2.24, 2.45) is 0 Å². The number of hydrogen-bond donors (Lipinski definition) is 21. The Hall–Kier alpha value is -3.42. The Labute approximate surface area is 503 Å². The lowest BCUT2D eigenvalue weighted by molar-refractivity contribution is -0.391. The Bertz CT molecular complexity index is 2600. The van der Waals surface area contributed by atoms with Crippen molar-refractivity contribution in [1.82, 2.24) is 16.0 Å². The van der Waals surface area contributed by atoms with E-state index in [0.717, 1.165) is 20.8 Å². The highest BCUT2D eigenvalue weighted by atomic mass is 32.3. The predicted molar refractivity (Wildman–Crippen MR) is 271 cm³/mol. The van der Waals surface area contributed by atoms with Gasteiger partial charge in [-0.3, -0.25) is 23.5 Å². The molecule has 3 amide bonds. The van der Waals surface area contributed by atoms with E-state index in [1.54, 1.807) is 0 Å². The molecule has 516 valence electrons. The molecule has 21 N–H and O–H groups in total. The smallest absolute Gasteiger partial charge is 0.397 e. The van der Waals surface area contributed by atoms with Gasteiger partial charge >= 0.3 is 26.8 Å². The van der Waals surface area contributed by atoms with Crippen molar-refractivity contribution in [3.8, 4) is 0 Å². The van der Waals surface area contributed by atoms with E-state index in [4.69, 9.17) is 52.1 Å². The van der Waals surface area contributed by atoms with Gasteiger partial charge in [0.05, 0.1) is 51.3 Å². The molecule has 6 heterocycles. The number of rotatable bonds is 25. The van der Waals surface area contributed by atoms with Gasteiger partial charge in [-0.1, -0.05) is 0 Å². The molecule has 6 saturated heterocycles. The first kappa shape index (κ1) is 74.6. The van der Waals surface area contributed by atoms with Gasteiger partial charge in [0.15, 0.2) is 31.5 Å². The van der Waals surface area contributed by atoms with Gasteiger partial charge in [0.1, 0.15) is 134 Å². The number of carbonyl (C=O) groups excluding carboxylic acids is 3. The van der Waals surface area contributed by atoms with Crippen LogP contribution in [0.15, 0.2) is 0 Å². The number of ether oxygens (including phenoxy) is 11. The maximum Gasteiger partial charge on any atom is 0.397 e. The summed E-state index contributed by atoms with van der Waals surface area (Å²) in [7, 11) is -10.9. The Morgan fingerprint density at radius 3 is 1.48 bits per heavy atom. The number of nitrogens with one attached hydrogen (secondary N) is 3. The third kappa shape index (κ3) is 17.9. The molecular weight excluding hydrogens is 1270 g/mol. The lowest BCUT2D eigenvalue weighted by atomic mass is 9.88. The highest BCUT2D eigenvalue weighted by molar-refractivity contribution is 7.81. The van der Waals surface area contributed by atoms with E-state index < -0.39 is 274 Å². The standard InChI is InChI=1S/C45H75N3O39S2/c1-11-24(57)29(62)30(63)41(77-11)84-36-23(48-14(4)54)39(66)78-20(10-76-89(72,73)74)34(36)83-42-31(64)37(26(59)17(7-50)79-42)85-40-22(47-13(3)53)28(61)33(19(81-40)9-75-88(69,70)71)82-43-32(65)38(27(60)18(8-51)80-43)87-45(44(67)68)5-15(55)21(46-12(2)52)35(86-45)25(58)16(56)6-49/h11,15-43,49-51,55-66H,5-10H2,1-4H3,(H,46,52)(H,47,53)(H,48,54)(H,67,68)(H,69,70,71)(H,72,73,74)/t11-,15-,16+,17+,18+,19+,20+,21+,22+,23+,24+,25+,26-,27-,28+,29+,30-,31+,32+,33+,34+,35+,36+,37-,38-,39?,40-,41-,42-,43-,45-/m0/s1. The third-order valence-corrected chi connectivity index (χ3v) is 15.8. The maximum absolute atomic E-state index is 13.1. The van der Waals surface area contributed by atoms with E-state index in [0.29, 0.717) is 0 Å². The molecule has 0 spiro atoms. The topological polar surface area (TPSA) is 657 Å². The Balaban J connectivity index is 1.35. The first-order chi connectivity index (χ1) is 41.4. The summed E-state index contributed by atoms with van der Waals surface area (Å²) >= 11 is 0. The van der Waals surface area contributed by atoms with Crippen LogP contribution in [0.3, 0.4) is 0 Å². The summed E-state index contributed by atoms with van der Waals surface area (Å²) in [6.45, 7) is -2.56. The van der Waals surface area contributed by atoms with E-state index in [2.05, 4.69) is 24.3 Å². The first-order valence-corrected chi connectivity index (χ1v) is 29.6. The summed E-state index contributed by atoms with van der Waals surface area (Å²) in [5, 5.41) is 182. The van der Waals surface area contributed by atoms with E-state index in [1.165, 1.54) is 6.92 Å². The lowest BCUT2D eigenvalue weighted by Gasteiger charge is -2.51. The molecule has 1 unspecified atom stereocenters. The average molecular weight is 1350 g/mol. The van der Waals surface area contributed by atoms with Gasteiger partial charge in [-0.2, -0.15) is 16.8 Å². The number of aliphatic carboxylic acids is 1. The lowest BCUT2D eigenvalue weighted by Crippen LogP contribution is -2.71. The Morgan fingerprint density at radius 2 is 0.978 bits per heavy atom. The summed E-state index contributed by atoms with van der Waals surface area (Å²) in [5.74, 6) is -8.38. The molecular formula is C45H75N3O39S2. The second-order valence-corrected chi connectivity index (χ2v) is 23.6. The van der Waals surface area contributed by atoms with Gasteiger partial charge in [-0.15, -0.1) is 0 Å². The van der Waals surface area contributed by atoms with Crippen LogP contribution in [0.5, 0.6) is 0 Å². The van der Waals surface area contributed by atoms with E-state index in [9.17, 15) is 127 Å². The molecule has 42 nitrogen and oxygen atoms in total. The predicted octanol–water partition coefficient (Wildman–Crippen LogP) is -13.8. The summed E-state index contributed by atoms with van der Waals surface area (Å²) in [4.78, 5) is 50.6. The number of carboxylic acids is 1. The summed E-state index contributed by atoms with van der Waals surface area (Å²) in [6.07, 6.45) is -60.6. The molecule has 0 aromatic rings. The number of aliphatic hydroxyl groups is 15. The second kappa shape index (κ2) is 30.8. The number of carbonyl (C=O) groups is 4. The van der Waals surface area contributed by atoms with Crippen LogP contribution in [-0.4, -0.2) is 354 Å². The van der Waals surface area contributed by atoms with Crippen LogP contribution >= 0.6 is 0 Å². The Kier molecular flexibility index (Phi) is 25.8. The molecule has 31 atom stereocenters. The summed E-state index contributed by atoms with van der Waals surface area (Å²) in [6, 6.07) is -5.78. The van der Waals surface area contributed by atoms with Gasteiger partial charge in [0.25, 0.3) is 5.79 Å². The molecule has 0 aliphatic carbocycles. The van der Waals surface area contributed by atoms with Gasteiger partial charge in [0, 0.05) is 27.2 Å². The van der Waals surface area contributed by atoms with Crippen molar-refractivity contribution in [3.05, 3.63) is 0 Å².